The van der Waals surface area contributed by atoms with Gasteiger partial charge < -0.3 is 25.8 Å². The van der Waals surface area contributed by atoms with Crippen LogP contribution in [-0.4, -0.2) is 63.1 Å². The second kappa shape index (κ2) is 12.7. The van der Waals surface area contributed by atoms with Crippen molar-refractivity contribution in [1.29, 1.82) is 0 Å². The van der Waals surface area contributed by atoms with Crippen molar-refractivity contribution < 1.29 is 19.4 Å². The quantitative estimate of drug-likeness (QED) is 0.198. The fourth-order valence-electron chi connectivity index (χ4n) is 5.67. The lowest BCUT2D eigenvalue weighted by Gasteiger charge is -2.29. The zero-order chi connectivity index (χ0) is 32.3. The normalized spacial score (nSPS) is 13.1. The maximum absolute atomic E-state index is 12.7. The summed E-state index contributed by atoms with van der Waals surface area (Å²) in [6.07, 6.45) is 2.16. The molecule has 1 saturated heterocycles. The molecule has 0 bridgehead atoms. The molecular weight excluding hydrogens is 594 g/mol. The van der Waals surface area contributed by atoms with E-state index >= 15 is 0 Å². The predicted molar refractivity (Wildman–Crippen MR) is 180 cm³/mol. The van der Waals surface area contributed by atoms with E-state index in [-0.39, 0.29) is 29.3 Å². The Balaban J connectivity index is 1.22. The Labute approximate surface area is 270 Å². The number of pyridine rings is 2. The molecule has 1 amide bonds. The van der Waals surface area contributed by atoms with Crippen LogP contribution in [0.4, 0.5) is 11.5 Å². The molecule has 4 heterocycles. The summed E-state index contributed by atoms with van der Waals surface area (Å²) in [7, 11) is 0. The number of aldehydes is 1. The second-order valence-corrected chi connectivity index (χ2v) is 11.1. The number of imidazole rings is 1. The number of rotatable bonds is 8. The van der Waals surface area contributed by atoms with Gasteiger partial charge in [0.25, 0.3) is 5.91 Å². The Morgan fingerprint density at radius 2 is 1.77 bits per heavy atom. The van der Waals surface area contributed by atoms with E-state index in [4.69, 9.17) is 20.4 Å². The first-order valence-corrected chi connectivity index (χ1v) is 15.2. The van der Waals surface area contributed by atoms with Gasteiger partial charge in [0.2, 0.25) is 0 Å². The highest BCUT2D eigenvalue weighted by Gasteiger charge is 2.19. The van der Waals surface area contributed by atoms with E-state index in [0.29, 0.717) is 47.9 Å². The molecule has 0 unspecified atom stereocenters. The molecule has 234 valence electrons. The summed E-state index contributed by atoms with van der Waals surface area (Å²) < 4.78 is 7.50. The molecule has 4 N–H and O–H groups in total. The Morgan fingerprint density at radius 1 is 0.936 bits per heavy atom. The van der Waals surface area contributed by atoms with E-state index in [1.54, 1.807) is 6.20 Å². The average Bonchev–Trinajstić information content (AvgIpc) is 3.50. The zero-order valence-electron chi connectivity index (χ0n) is 25.3. The first-order valence-electron chi connectivity index (χ1n) is 15.2. The summed E-state index contributed by atoms with van der Waals surface area (Å²) in [5, 5.41) is 12.6. The summed E-state index contributed by atoms with van der Waals surface area (Å²) >= 11 is 0. The number of ether oxygens (including phenoxy) is 1. The number of nitrogens with one attached hydrogen (secondary N) is 1. The molecule has 1 aliphatic rings. The van der Waals surface area contributed by atoms with E-state index in [0.717, 1.165) is 41.3 Å². The molecule has 1 fully saturated rings. The van der Waals surface area contributed by atoms with Crippen molar-refractivity contribution in [3.8, 4) is 34.1 Å². The van der Waals surface area contributed by atoms with Crippen molar-refractivity contribution in [2.45, 2.75) is 6.54 Å². The van der Waals surface area contributed by atoms with Gasteiger partial charge in [0, 0.05) is 48.3 Å². The van der Waals surface area contributed by atoms with Gasteiger partial charge in [-0.25, -0.2) is 15.0 Å². The van der Waals surface area contributed by atoms with Gasteiger partial charge in [-0.05, 0) is 72.3 Å². The number of hydrogen-bond donors (Lipinski definition) is 3. The molecule has 11 nitrogen and oxygen atoms in total. The number of fused-ring (bicyclic) bond motifs is 1. The SMILES string of the molecule is Nc1ncccc1-c1nc2ccc(-c3cccc(N4CCOCC4)c3)nc2n1-c1ccc(CNC(=O)c2ccc(O)c(C=O)c2)cc1. The first kappa shape index (κ1) is 29.6. The number of amides is 1. The topological polar surface area (TPSA) is 148 Å². The number of phenolic OH excluding ortho intramolecular Hbond substituents is 1. The summed E-state index contributed by atoms with van der Waals surface area (Å²) in [5.41, 5.74) is 13.3. The van der Waals surface area contributed by atoms with Crippen LogP contribution in [-0.2, 0) is 11.3 Å². The highest BCUT2D eigenvalue weighted by Crippen LogP contribution is 2.32. The van der Waals surface area contributed by atoms with Gasteiger partial charge in [-0.3, -0.25) is 14.2 Å². The van der Waals surface area contributed by atoms with Crippen LogP contribution in [0.2, 0.25) is 0 Å². The number of anilines is 2. The molecule has 3 aromatic carbocycles. The lowest BCUT2D eigenvalue weighted by atomic mass is 10.1. The molecule has 0 radical (unpaired) electrons. The van der Waals surface area contributed by atoms with Crippen LogP contribution < -0.4 is 16.0 Å². The molecular formula is C36H31N7O4. The summed E-state index contributed by atoms with van der Waals surface area (Å²) in [5.74, 6) is 0.432. The highest BCUT2D eigenvalue weighted by molar-refractivity contribution is 5.96. The number of morpholine rings is 1. The zero-order valence-corrected chi connectivity index (χ0v) is 25.3. The van der Waals surface area contributed by atoms with E-state index < -0.39 is 0 Å². The Bertz CT molecular complexity index is 2100. The third-order valence-electron chi connectivity index (χ3n) is 8.17. The fraction of sp³-hybridized carbons (Fsp3) is 0.139. The third-order valence-corrected chi connectivity index (χ3v) is 8.17. The average molecular weight is 626 g/mol. The molecule has 3 aromatic heterocycles. The second-order valence-electron chi connectivity index (χ2n) is 11.1. The van der Waals surface area contributed by atoms with E-state index in [9.17, 15) is 14.7 Å². The number of nitrogens with two attached hydrogens (primary N) is 1. The fourth-order valence-corrected chi connectivity index (χ4v) is 5.67. The van der Waals surface area contributed by atoms with Crippen LogP contribution in [0.15, 0.2) is 97.2 Å². The maximum Gasteiger partial charge on any atom is 0.251 e. The number of phenols is 1. The van der Waals surface area contributed by atoms with Gasteiger partial charge in [0.15, 0.2) is 17.8 Å². The van der Waals surface area contributed by atoms with Crippen molar-refractivity contribution in [3.63, 3.8) is 0 Å². The van der Waals surface area contributed by atoms with Crippen LogP contribution >= 0.6 is 0 Å². The van der Waals surface area contributed by atoms with Gasteiger partial charge >= 0.3 is 0 Å². The Kier molecular flexibility index (Phi) is 8.03. The van der Waals surface area contributed by atoms with Gasteiger partial charge in [0.05, 0.1) is 30.0 Å². The molecule has 47 heavy (non-hydrogen) atoms. The molecule has 1 aliphatic heterocycles. The van der Waals surface area contributed by atoms with E-state index in [1.165, 1.54) is 18.2 Å². The van der Waals surface area contributed by atoms with Gasteiger partial charge in [-0.2, -0.15) is 0 Å². The number of nitrogen functional groups attached to an aromatic ring is 1. The van der Waals surface area contributed by atoms with Gasteiger partial charge in [0.1, 0.15) is 17.1 Å². The van der Waals surface area contributed by atoms with E-state index in [1.807, 2.05) is 59.2 Å². The number of aromatic nitrogens is 4. The van der Waals surface area contributed by atoms with Crippen LogP contribution in [0.25, 0.3) is 39.5 Å². The third kappa shape index (κ3) is 5.99. The minimum Gasteiger partial charge on any atom is -0.507 e. The predicted octanol–water partition coefficient (Wildman–Crippen LogP) is 5.02. The molecule has 11 heteroatoms. The minimum atomic E-state index is -0.360. The van der Waals surface area contributed by atoms with Crippen molar-refractivity contribution >= 4 is 34.9 Å². The number of benzene rings is 3. The first-order chi connectivity index (χ1) is 23.0. The molecule has 0 spiro atoms. The summed E-state index contributed by atoms with van der Waals surface area (Å²) in [6, 6.07) is 27.9. The number of nitrogens with zero attached hydrogens (tertiary/aromatic N) is 5. The Morgan fingerprint density at radius 3 is 2.55 bits per heavy atom. The van der Waals surface area contributed by atoms with Crippen molar-refractivity contribution in [2.75, 3.05) is 36.9 Å². The van der Waals surface area contributed by atoms with Crippen molar-refractivity contribution in [3.05, 3.63) is 114 Å². The molecule has 7 rings (SSSR count). The lowest BCUT2D eigenvalue weighted by molar-refractivity contribution is 0.0951. The Hall–Kier alpha value is -6.07. The van der Waals surface area contributed by atoms with Crippen molar-refractivity contribution in [2.24, 2.45) is 0 Å². The molecule has 0 saturated carbocycles. The smallest absolute Gasteiger partial charge is 0.251 e. The molecule has 6 aromatic rings. The lowest BCUT2D eigenvalue weighted by Crippen LogP contribution is -2.36. The number of carbonyl (C=O) groups is 2. The number of aromatic hydroxyl groups is 1. The molecule has 0 aliphatic carbocycles. The van der Waals surface area contributed by atoms with Crippen LogP contribution in [0, 0.1) is 0 Å². The summed E-state index contributed by atoms with van der Waals surface area (Å²) in [6.45, 7) is 3.36. The van der Waals surface area contributed by atoms with E-state index in [2.05, 4.69) is 33.4 Å². The van der Waals surface area contributed by atoms with Crippen LogP contribution in [0.1, 0.15) is 26.3 Å². The summed E-state index contributed by atoms with van der Waals surface area (Å²) in [4.78, 5) is 40.6. The maximum atomic E-state index is 12.7. The highest BCUT2D eigenvalue weighted by atomic mass is 16.5. The number of hydrogen-bond acceptors (Lipinski definition) is 9. The largest absolute Gasteiger partial charge is 0.507 e. The number of carbonyl (C=O) groups excluding carboxylic acids is 2. The van der Waals surface area contributed by atoms with Gasteiger partial charge in [-0.1, -0.05) is 24.3 Å². The monoisotopic (exact) mass is 625 g/mol. The standard InChI is InChI=1S/C36H31N7O4/c37-33-29(5-2-14-38-33)34-41-31-12-11-30(24-3-1-4-28(20-24)42-15-17-47-18-16-42)40-35(31)43(34)27-9-6-23(7-10-27)21-39-36(46)25-8-13-32(45)26(19-25)22-44/h1-14,19-20,22,45H,15-18,21H2,(H2,37,38)(H,39,46). The van der Waals surface area contributed by atoms with Crippen molar-refractivity contribution in [1.82, 2.24) is 24.8 Å². The molecule has 0 atom stereocenters. The van der Waals surface area contributed by atoms with Crippen LogP contribution in [0.5, 0.6) is 5.75 Å². The van der Waals surface area contributed by atoms with Gasteiger partial charge in [-0.15, -0.1) is 0 Å². The van der Waals surface area contributed by atoms with Crippen LogP contribution in [0.3, 0.4) is 0 Å². The minimum absolute atomic E-state index is 0.0567.